The second-order valence-corrected chi connectivity index (χ2v) is 6.75. The molecule has 0 bridgehead atoms. The molecular formula is C12H22N4O3S. The van der Waals surface area contributed by atoms with Gasteiger partial charge < -0.3 is 11.1 Å². The molecule has 114 valence electrons. The minimum absolute atomic E-state index is 0.120. The third-order valence-corrected chi connectivity index (χ3v) is 4.04. The molecule has 20 heavy (non-hydrogen) atoms. The van der Waals surface area contributed by atoms with Crippen LogP contribution in [0.3, 0.4) is 0 Å². The van der Waals surface area contributed by atoms with Crippen molar-refractivity contribution in [1.82, 2.24) is 9.55 Å². The van der Waals surface area contributed by atoms with Crippen molar-refractivity contribution in [2.24, 2.45) is 5.92 Å². The summed E-state index contributed by atoms with van der Waals surface area (Å²) in [6, 6.07) is 0. The van der Waals surface area contributed by atoms with E-state index in [1.165, 1.54) is 4.57 Å². The monoisotopic (exact) mass is 302 g/mol. The first-order chi connectivity index (χ1) is 9.36. The summed E-state index contributed by atoms with van der Waals surface area (Å²) in [6.07, 6.45) is 0. The van der Waals surface area contributed by atoms with Crippen molar-refractivity contribution in [1.29, 1.82) is 0 Å². The van der Waals surface area contributed by atoms with Crippen molar-refractivity contribution in [2.45, 2.75) is 27.3 Å². The average molecular weight is 302 g/mol. The van der Waals surface area contributed by atoms with E-state index in [0.29, 0.717) is 24.6 Å². The third-order valence-electron chi connectivity index (χ3n) is 2.74. The molecule has 1 heterocycles. The van der Waals surface area contributed by atoms with Crippen molar-refractivity contribution in [3.63, 3.8) is 0 Å². The number of aromatic nitrogens is 2. The molecule has 0 aliphatic heterocycles. The number of nitrogens with zero attached hydrogens (tertiary/aromatic N) is 1. The lowest BCUT2D eigenvalue weighted by Gasteiger charge is -2.15. The number of nitrogens with one attached hydrogen (secondary N) is 2. The van der Waals surface area contributed by atoms with Crippen LogP contribution in [0.2, 0.25) is 0 Å². The van der Waals surface area contributed by atoms with Crippen molar-refractivity contribution >= 4 is 22.3 Å². The van der Waals surface area contributed by atoms with E-state index < -0.39 is 22.0 Å². The molecule has 1 rings (SSSR count). The average Bonchev–Trinajstić information content (AvgIpc) is 2.37. The molecule has 0 aliphatic rings. The van der Waals surface area contributed by atoms with Crippen molar-refractivity contribution in [3.8, 4) is 0 Å². The van der Waals surface area contributed by atoms with Crippen LogP contribution >= 0.6 is 0 Å². The second-order valence-electron chi connectivity index (χ2n) is 4.88. The van der Waals surface area contributed by atoms with E-state index in [1.54, 1.807) is 0 Å². The van der Waals surface area contributed by atoms with Gasteiger partial charge in [0.05, 0.1) is 0 Å². The molecule has 0 saturated carbocycles. The highest BCUT2D eigenvalue weighted by Gasteiger charge is 2.12. The Balaban J connectivity index is 2.98. The van der Waals surface area contributed by atoms with Crippen molar-refractivity contribution in [2.75, 3.05) is 29.1 Å². The van der Waals surface area contributed by atoms with Crippen LogP contribution in [-0.4, -0.2) is 31.8 Å². The van der Waals surface area contributed by atoms with Crippen molar-refractivity contribution < 1.29 is 4.21 Å². The van der Waals surface area contributed by atoms with E-state index in [2.05, 4.69) is 10.3 Å². The van der Waals surface area contributed by atoms with Crippen LogP contribution in [0.1, 0.15) is 20.8 Å². The number of nitrogens with two attached hydrogens (primary N) is 1. The highest BCUT2D eigenvalue weighted by Crippen LogP contribution is 2.11. The largest absolute Gasteiger partial charge is 0.383 e. The van der Waals surface area contributed by atoms with Gasteiger partial charge in [0, 0.05) is 35.4 Å². The molecule has 1 aromatic rings. The Morgan fingerprint density at radius 1 is 1.40 bits per heavy atom. The standard InChI is InChI=1S/C12H22N4O3S/c1-4-20(19)6-5-14-9-10(13)16(7-8(2)3)12(18)15-11(9)17/h8,14H,4-7,13H2,1-3H3,(H,15,17,18). The highest BCUT2D eigenvalue weighted by molar-refractivity contribution is 7.84. The highest BCUT2D eigenvalue weighted by atomic mass is 32.2. The summed E-state index contributed by atoms with van der Waals surface area (Å²) < 4.78 is 12.7. The van der Waals surface area contributed by atoms with Crippen LogP contribution in [0.25, 0.3) is 0 Å². The van der Waals surface area contributed by atoms with E-state index in [-0.39, 0.29) is 17.4 Å². The molecule has 1 atom stereocenters. The zero-order valence-electron chi connectivity index (χ0n) is 12.1. The van der Waals surface area contributed by atoms with Gasteiger partial charge in [-0.25, -0.2) is 4.79 Å². The maximum Gasteiger partial charge on any atom is 0.330 e. The quantitative estimate of drug-likeness (QED) is 0.654. The predicted octanol–water partition coefficient (Wildman–Crippen LogP) is -0.0447. The van der Waals surface area contributed by atoms with Gasteiger partial charge in [0.25, 0.3) is 5.56 Å². The van der Waals surface area contributed by atoms with Gasteiger partial charge in [-0.15, -0.1) is 0 Å². The molecule has 8 heteroatoms. The van der Waals surface area contributed by atoms with Crippen LogP contribution in [-0.2, 0) is 17.3 Å². The minimum atomic E-state index is -0.917. The number of aromatic amines is 1. The lowest BCUT2D eigenvalue weighted by atomic mass is 10.2. The lowest BCUT2D eigenvalue weighted by molar-refractivity contribution is 0.508. The first kappa shape index (κ1) is 16.5. The normalized spacial score (nSPS) is 12.6. The summed E-state index contributed by atoms with van der Waals surface area (Å²) >= 11 is 0. The van der Waals surface area contributed by atoms with Crippen LogP contribution in [0.15, 0.2) is 9.59 Å². The first-order valence-corrected chi connectivity index (χ1v) is 8.07. The Morgan fingerprint density at radius 2 is 2.05 bits per heavy atom. The van der Waals surface area contributed by atoms with E-state index >= 15 is 0 Å². The maximum absolute atomic E-state index is 11.8. The van der Waals surface area contributed by atoms with Gasteiger partial charge in [0.1, 0.15) is 11.5 Å². The zero-order valence-corrected chi connectivity index (χ0v) is 12.9. The Bertz CT molecular complexity index is 591. The molecular weight excluding hydrogens is 280 g/mol. The van der Waals surface area contributed by atoms with E-state index in [1.807, 2.05) is 20.8 Å². The van der Waals surface area contributed by atoms with Crippen LogP contribution in [0.5, 0.6) is 0 Å². The number of anilines is 2. The molecule has 0 aliphatic carbocycles. The zero-order chi connectivity index (χ0) is 15.3. The summed E-state index contributed by atoms with van der Waals surface area (Å²) in [5.74, 6) is 1.34. The SMILES string of the molecule is CCS(=O)CCNc1c(N)n(CC(C)C)c(=O)[nH]c1=O. The van der Waals surface area contributed by atoms with Gasteiger partial charge >= 0.3 is 5.69 Å². The number of hydrogen-bond donors (Lipinski definition) is 3. The molecule has 1 unspecified atom stereocenters. The van der Waals surface area contributed by atoms with Gasteiger partial charge in [-0.2, -0.15) is 0 Å². The summed E-state index contributed by atoms with van der Waals surface area (Å²) in [6.45, 7) is 6.54. The topological polar surface area (TPSA) is 110 Å². The molecule has 7 nitrogen and oxygen atoms in total. The Labute approximate surface area is 120 Å². The number of nitrogen functional groups attached to an aromatic ring is 1. The second kappa shape index (κ2) is 7.28. The molecule has 0 aromatic carbocycles. The lowest BCUT2D eigenvalue weighted by Crippen LogP contribution is -2.35. The number of H-pyrrole nitrogens is 1. The van der Waals surface area contributed by atoms with Crippen LogP contribution in [0.4, 0.5) is 11.5 Å². The van der Waals surface area contributed by atoms with E-state index in [4.69, 9.17) is 5.73 Å². The Morgan fingerprint density at radius 3 is 2.60 bits per heavy atom. The van der Waals surface area contributed by atoms with Gasteiger partial charge in [-0.1, -0.05) is 20.8 Å². The summed E-state index contributed by atoms with van der Waals surface area (Å²) in [4.78, 5) is 25.7. The fourth-order valence-electron chi connectivity index (χ4n) is 1.74. The summed E-state index contributed by atoms with van der Waals surface area (Å²) in [5, 5.41) is 2.87. The fourth-order valence-corrected chi connectivity index (χ4v) is 2.36. The summed E-state index contributed by atoms with van der Waals surface area (Å²) in [5.41, 5.74) is 5.00. The fraction of sp³-hybridized carbons (Fsp3) is 0.667. The predicted molar refractivity (Wildman–Crippen MR) is 82.6 cm³/mol. The Kier molecular flexibility index (Phi) is 6.00. The first-order valence-electron chi connectivity index (χ1n) is 6.58. The van der Waals surface area contributed by atoms with Crippen LogP contribution in [0, 0.1) is 5.92 Å². The molecule has 0 spiro atoms. The Hall–Kier alpha value is -1.57. The van der Waals surface area contributed by atoms with Gasteiger partial charge in [-0.05, 0) is 5.92 Å². The van der Waals surface area contributed by atoms with Crippen molar-refractivity contribution in [3.05, 3.63) is 20.8 Å². The molecule has 0 saturated heterocycles. The van der Waals surface area contributed by atoms with E-state index in [9.17, 15) is 13.8 Å². The molecule has 1 aromatic heterocycles. The van der Waals surface area contributed by atoms with Gasteiger partial charge in [-0.3, -0.25) is 18.6 Å². The van der Waals surface area contributed by atoms with Crippen LogP contribution < -0.4 is 22.3 Å². The number of hydrogen-bond acceptors (Lipinski definition) is 5. The molecule has 4 N–H and O–H groups in total. The smallest absolute Gasteiger partial charge is 0.330 e. The van der Waals surface area contributed by atoms with Gasteiger partial charge in [0.15, 0.2) is 0 Å². The maximum atomic E-state index is 11.8. The van der Waals surface area contributed by atoms with Gasteiger partial charge in [0.2, 0.25) is 0 Å². The van der Waals surface area contributed by atoms with E-state index in [0.717, 1.165) is 0 Å². The number of rotatable bonds is 7. The third kappa shape index (κ3) is 4.22. The minimum Gasteiger partial charge on any atom is -0.383 e. The summed E-state index contributed by atoms with van der Waals surface area (Å²) in [7, 11) is -0.917. The molecule has 0 fully saturated rings. The molecule has 0 amide bonds. The molecule has 0 radical (unpaired) electrons.